The Kier molecular flexibility index (Phi) is 7.06. The van der Waals surface area contributed by atoms with Gasteiger partial charge in [-0.1, -0.05) is 23.7 Å². The van der Waals surface area contributed by atoms with Gasteiger partial charge in [-0.05, 0) is 55.0 Å². The summed E-state index contributed by atoms with van der Waals surface area (Å²) in [5.41, 5.74) is 1.61. The maximum absolute atomic E-state index is 12.6. The molecule has 0 aliphatic rings. The number of ether oxygens (including phenoxy) is 1. The van der Waals surface area contributed by atoms with Crippen LogP contribution in [0.2, 0.25) is 5.02 Å². The number of hydrogen-bond donors (Lipinski definition) is 0. The molecular weight excluding hydrogens is 336 g/mol. The van der Waals surface area contributed by atoms with Crippen LogP contribution in [0.1, 0.15) is 18.9 Å². The van der Waals surface area contributed by atoms with Crippen LogP contribution in [0.5, 0.6) is 5.75 Å². The molecule has 0 heterocycles. The molecule has 0 saturated heterocycles. The van der Waals surface area contributed by atoms with Gasteiger partial charge in [-0.3, -0.25) is 4.79 Å². The Morgan fingerprint density at radius 3 is 2.48 bits per heavy atom. The Morgan fingerprint density at radius 1 is 1.20 bits per heavy atom. The molecule has 0 aliphatic heterocycles. The van der Waals surface area contributed by atoms with Crippen LogP contribution >= 0.6 is 11.6 Å². The van der Waals surface area contributed by atoms with E-state index in [0.29, 0.717) is 18.2 Å². The van der Waals surface area contributed by atoms with Gasteiger partial charge >= 0.3 is 0 Å². The van der Waals surface area contributed by atoms with E-state index in [1.54, 1.807) is 23.1 Å². The highest BCUT2D eigenvalue weighted by Crippen LogP contribution is 2.20. The summed E-state index contributed by atoms with van der Waals surface area (Å²) >= 11 is 5.86. The van der Waals surface area contributed by atoms with Crippen molar-refractivity contribution < 1.29 is 9.53 Å². The van der Waals surface area contributed by atoms with Crippen LogP contribution in [-0.2, 0) is 4.79 Å². The van der Waals surface area contributed by atoms with Crippen molar-refractivity contribution >= 4 is 29.3 Å². The highest BCUT2D eigenvalue weighted by molar-refractivity contribution is 6.30. The number of carbonyl (C=O) groups excluding carboxylic acids is 1. The molecule has 0 saturated carbocycles. The first-order valence-electron chi connectivity index (χ1n) is 7.99. The minimum atomic E-state index is -0.186. The van der Waals surface area contributed by atoms with Crippen LogP contribution in [0.3, 0.4) is 0 Å². The van der Waals surface area contributed by atoms with Gasteiger partial charge in [0.25, 0.3) is 5.91 Å². The Bertz CT molecular complexity index is 762. The van der Waals surface area contributed by atoms with Crippen molar-refractivity contribution in [2.75, 3.05) is 18.1 Å². The first-order chi connectivity index (χ1) is 12.1. The van der Waals surface area contributed by atoms with Crippen molar-refractivity contribution in [1.82, 2.24) is 0 Å². The quantitative estimate of drug-likeness (QED) is 0.677. The molecule has 1 amide bonds. The predicted octanol–water partition coefficient (Wildman–Crippen LogP) is 4.70. The summed E-state index contributed by atoms with van der Waals surface area (Å²) in [6.45, 7) is 2.83. The molecule has 0 unspecified atom stereocenters. The van der Waals surface area contributed by atoms with Crippen LogP contribution in [0.25, 0.3) is 6.08 Å². The van der Waals surface area contributed by atoms with E-state index < -0.39 is 0 Å². The Labute approximate surface area is 152 Å². The SMILES string of the molecule is CCOc1ccc(N(CCC#N)C(=O)/C=C/c2ccc(Cl)cc2)cc1. The average molecular weight is 355 g/mol. The van der Waals surface area contributed by atoms with E-state index in [2.05, 4.69) is 6.07 Å². The standard InChI is InChI=1S/C20H19ClN2O2/c1-2-25-19-11-9-18(10-12-19)23(15-3-14-22)20(24)13-6-16-4-7-17(21)8-5-16/h4-13H,2-3,15H2,1H3/b13-6+. The molecular formula is C20H19ClN2O2. The molecule has 128 valence electrons. The second-order valence-electron chi connectivity index (χ2n) is 5.21. The van der Waals surface area contributed by atoms with Gasteiger partial charge in [-0.15, -0.1) is 0 Å². The first-order valence-corrected chi connectivity index (χ1v) is 8.36. The van der Waals surface area contributed by atoms with Gasteiger partial charge in [0, 0.05) is 23.3 Å². The maximum Gasteiger partial charge on any atom is 0.251 e. The molecule has 2 aromatic rings. The lowest BCUT2D eigenvalue weighted by Gasteiger charge is -2.20. The van der Waals surface area contributed by atoms with Gasteiger partial charge in [0.15, 0.2) is 0 Å². The molecule has 5 heteroatoms. The number of hydrogen-bond acceptors (Lipinski definition) is 3. The minimum Gasteiger partial charge on any atom is -0.494 e. The number of nitriles is 1. The number of rotatable bonds is 7. The Balaban J connectivity index is 2.16. The summed E-state index contributed by atoms with van der Waals surface area (Å²) in [5.74, 6) is 0.560. The van der Waals surface area contributed by atoms with Crippen LogP contribution in [-0.4, -0.2) is 19.1 Å². The van der Waals surface area contributed by atoms with Crippen molar-refractivity contribution in [2.45, 2.75) is 13.3 Å². The monoisotopic (exact) mass is 354 g/mol. The fourth-order valence-electron chi connectivity index (χ4n) is 2.25. The van der Waals surface area contributed by atoms with Crippen LogP contribution in [0, 0.1) is 11.3 Å². The summed E-state index contributed by atoms with van der Waals surface area (Å²) in [6.07, 6.45) is 3.48. The van der Waals surface area contributed by atoms with Crippen LogP contribution < -0.4 is 9.64 Å². The van der Waals surface area contributed by atoms with Gasteiger partial charge in [-0.2, -0.15) is 5.26 Å². The molecule has 0 fully saturated rings. The molecule has 0 atom stereocenters. The van der Waals surface area contributed by atoms with Crippen molar-refractivity contribution in [3.8, 4) is 11.8 Å². The third kappa shape index (κ3) is 5.66. The Morgan fingerprint density at radius 2 is 1.88 bits per heavy atom. The van der Waals surface area contributed by atoms with Gasteiger partial charge in [-0.25, -0.2) is 0 Å². The normalized spacial score (nSPS) is 10.4. The zero-order chi connectivity index (χ0) is 18.1. The van der Waals surface area contributed by atoms with Crippen molar-refractivity contribution in [3.05, 3.63) is 65.2 Å². The van der Waals surface area contributed by atoms with E-state index in [-0.39, 0.29) is 12.3 Å². The third-order valence-electron chi connectivity index (χ3n) is 3.46. The smallest absolute Gasteiger partial charge is 0.251 e. The first kappa shape index (κ1) is 18.6. The zero-order valence-corrected chi connectivity index (χ0v) is 14.7. The van der Waals surface area contributed by atoms with E-state index >= 15 is 0 Å². The number of benzene rings is 2. The van der Waals surface area contributed by atoms with Crippen molar-refractivity contribution in [3.63, 3.8) is 0 Å². The number of nitrogens with zero attached hydrogens (tertiary/aromatic N) is 2. The molecule has 0 radical (unpaired) electrons. The summed E-state index contributed by atoms with van der Waals surface area (Å²) in [7, 11) is 0. The lowest BCUT2D eigenvalue weighted by molar-refractivity contribution is -0.114. The third-order valence-corrected chi connectivity index (χ3v) is 3.71. The fraction of sp³-hybridized carbons (Fsp3) is 0.200. The van der Waals surface area contributed by atoms with Crippen LogP contribution in [0.15, 0.2) is 54.6 Å². The number of carbonyl (C=O) groups is 1. The summed E-state index contributed by atoms with van der Waals surface area (Å²) in [4.78, 5) is 14.1. The average Bonchev–Trinajstić information content (AvgIpc) is 2.63. The maximum atomic E-state index is 12.6. The van der Waals surface area contributed by atoms with Crippen LogP contribution in [0.4, 0.5) is 5.69 Å². The summed E-state index contributed by atoms with van der Waals surface area (Å²) in [6, 6.07) is 16.5. The molecule has 2 rings (SSSR count). The molecule has 4 nitrogen and oxygen atoms in total. The molecule has 0 aliphatic carbocycles. The highest BCUT2D eigenvalue weighted by Gasteiger charge is 2.13. The minimum absolute atomic E-state index is 0.186. The van der Waals surface area contributed by atoms with Gasteiger partial charge in [0.2, 0.25) is 0 Å². The van der Waals surface area contributed by atoms with E-state index in [4.69, 9.17) is 21.6 Å². The van der Waals surface area contributed by atoms with Gasteiger partial charge < -0.3 is 9.64 Å². The van der Waals surface area contributed by atoms with Crippen molar-refractivity contribution in [1.29, 1.82) is 5.26 Å². The number of halogens is 1. The van der Waals surface area contributed by atoms with E-state index in [0.717, 1.165) is 17.0 Å². The van der Waals surface area contributed by atoms with Gasteiger partial charge in [0.05, 0.1) is 19.1 Å². The highest BCUT2D eigenvalue weighted by atomic mass is 35.5. The second kappa shape index (κ2) is 9.51. The van der Waals surface area contributed by atoms with Crippen molar-refractivity contribution in [2.24, 2.45) is 0 Å². The van der Waals surface area contributed by atoms with E-state index in [1.807, 2.05) is 43.3 Å². The molecule has 2 aromatic carbocycles. The zero-order valence-electron chi connectivity index (χ0n) is 14.0. The Hall–Kier alpha value is -2.77. The predicted molar refractivity (Wildman–Crippen MR) is 101 cm³/mol. The topological polar surface area (TPSA) is 53.3 Å². The molecule has 0 N–H and O–H groups in total. The second-order valence-corrected chi connectivity index (χ2v) is 5.65. The lowest BCUT2D eigenvalue weighted by atomic mass is 10.2. The molecule has 0 bridgehead atoms. The fourth-order valence-corrected chi connectivity index (χ4v) is 2.37. The van der Waals surface area contributed by atoms with E-state index in [9.17, 15) is 4.79 Å². The number of amides is 1. The molecule has 0 aromatic heterocycles. The summed E-state index contributed by atoms with van der Waals surface area (Å²) < 4.78 is 5.42. The largest absolute Gasteiger partial charge is 0.494 e. The molecule has 25 heavy (non-hydrogen) atoms. The van der Waals surface area contributed by atoms with Gasteiger partial charge in [0.1, 0.15) is 5.75 Å². The number of anilines is 1. The van der Waals surface area contributed by atoms with E-state index in [1.165, 1.54) is 6.08 Å². The summed E-state index contributed by atoms with van der Waals surface area (Å²) in [5, 5.41) is 9.50. The molecule has 0 spiro atoms. The lowest BCUT2D eigenvalue weighted by Crippen LogP contribution is -2.30.